The highest BCUT2D eigenvalue weighted by Gasteiger charge is 2.10. The molecule has 0 saturated heterocycles. The van der Waals surface area contributed by atoms with E-state index in [2.05, 4.69) is 18.5 Å². The van der Waals surface area contributed by atoms with Crippen molar-refractivity contribution >= 4 is 17.5 Å². The maximum atomic E-state index is 14.0. The summed E-state index contributed by atoms with van der Waals surface area (Å²) in [5, 5.41) is 11.7. The summed E-state index contributed by atoms with van der Waals surface area (Å²) in [5.74, 6) is -0.577. The second kappa shape index (κ2) is 5.85. The van der Waals surface area contributed by atoms with Crippen LogP contribution in [0.1, 0.15) is 16.7 Å². The van der Waals surface area contributed by atoms with E-state index in [0.717, 1.165) is 11.1 Å². The van der Waals surface area contributed by atoms with Gasteiger partial charge in [0, 0.05) is 11.3 Å². The lowest BCUT2D eigenvalue weighted by Gasteiger charge is -2.13. The number of nitrogens with one attached hydrogen (secondary N) is 1. The first-order valence-electron chi connectivity index (χ1n) is 6.03. The van der Waals surface area contributed by atoms with Gasteiger partial charge in [-0.1, -0.05) is 49.6 Å². The molecule has 0 aliphatic heterocycles. The zero-order valence-electron chi connectivity index (χ0n) is 10.9. The van der Waals surface area contributed by atoms with Crippen LogP contribution in [-0.4, -0.2) is 0 Å². The van der Waals surface area contributed by atoms with Gasteiger partial charge in [-0.25, -0.2) is 4.39 Å². The van der Waals surface area contributed by atoms with Crippen molar-refractivity contribution in [1.82, 2.24) is 0 Å². The zero-order chi connectivity index (χ0) is 14.5. The monoisotopic (exact) mass is 264 g/mol. The lowest BCUT2D eigenvalue weighted by atomic mass is 10.0. The molecule has 0 aliphatic carbocycles. The molecule has 0 atom stereocenters. The predicted molar refractivity (Wildman–Crippen MR) is 80.3 cm³/mol. The maximum absolute atomic E-state index is 14.0. The number of hydrogen-bond donors (Lipinski definition) is 1. The van der Waals surface area contributed by atoms with Crippen molar-refractivity contribution in [2.45, 2.75) is 0 Å². The van der Waals surface area contributed by atoms with Crippen LogP contribution in [0.15, 0.2) is 55.6 Å². The molecule has 0 radical (unpaired) electrons. The van der Waals surface area contributed by atoms with Gasteiger partial charge in [-0.15, -0.1) is 0 Å². The standard InChI is InChI=1S/C17H13FN2/c1-3-13-7-4-5-9-15(13)12(2)20-16-10-6-8-14(11-19)17(16)18/h3-10,20H,1-2H2. The van der Waals surface area contributed by atoms with Gasteiger partial charge in [0.15, 0.2) is 5.82 Å². The van der Waals surface area contributed by atoms with E-state index in [1.165, 1.54) is 6.07 Å². The van der Waals surface area contributed by atoms with Crippen LogP contribution in [0.5, 0.6) is 0 Å². The predicted octanol–water partition coefficient (Wildman–Crippen LogP) is 4.42. The van der Waals surface area contributed by atoms with Crippen LogP contribution >= 0.6 is 0 Å². The van der Waals surface area contributed by atoms with Crippen molar-refractivity contribution in [3.05, 3.63) is 78.1 Å². The summed E-state index contributed by atoms with van der Waals surface area (Å²) in [6.07, 6.45) is 1.71. The number of rotatable bonds is 4. The van der Waals surface area contributed by atoms with Gasteiger partial charge in [-0.05, 0) is 17.7 Å². The molecule has 3 heteroatoms. The van der Waals surface area contributed by atoms with Gasteiger partial charge < -0.3 is 5.32 Å². The van der Waals surface area contributed by atoms with E-state index in [-0.39, 0.29) is 11.3 Å². The molecule has 0 bridgehead atoms. The van der Waals surface area contributed by atoms with Crippen molar-refractivity contribution in [3.8, 4) is 6.07 Å². The number of nitriles is 1. The molecule has 0 saturated carbocycles. The topological polar surface area (TPSA) is 35.8 Å². The largest absolute Gasteiger partial charge is 0.353 e. The van der Waals surface area contributed by atoms with E-state index in [9.17, 15) is 4.39 Å². The molecule has 0 fully saturated rings. The maximum Gasteiger partial charge on any atom is 0.164 e. The lowest BCUT2D eigenvalue weighted by Crippen LogP contribution is -2.02. The molecule has 1 N–H and O–H groups in total. The third kappa shape index (κ3) is 2.60. The van der Waals surface area contributed by atoms with E-state index >= 15 is 0 Å². The first kappa shape index (κ1) is 13.6. The molecule has 2 aromatic carbocycles. The van der Waals surface area contributed by atoms with Crippen LogP contribution in [-0.2, 0) is 0 Å². The number of benzene rings is 2. The molecule has 2 rings (SSSR count). The molecule has 0 heterocycles. The Morgan fingerprint density at radius 2 is 1.95 bits per heavy atom. The first-order valence-corrected chi connectivity index (χ1v) is 6.03. The van der Waals surface area contributed by atoms with E-state index < -0.39 is 5.82 Å². The molecule has 20 heavy (non-hydrogen) atoms. The summed E-state index contributed by atoms with van der Waals surface area (Å²) >= 11 is 0. The SMILES string of the molecule is C=Cc1ccccc1C(=C)Nc1cccc(C#N)c1F. The molecule has 0 aromatic heterocycles. The zero-order valence-corrected chi connectivity index (χ0v) is 10.9. The van der Waals surface area contributed by atoms with Crippen LogP contribution in [0.3, 0.4) is 0 Å². The van der Waals surface area contributed by atoms with Crippen molar-refractivity contribution in [2.24, 2.45) is 0 Å². The Morgan fingerprint density at radius 1 is 1.20 bits per heavy atom. The Labute approximate surface area is 117 Å². The number of anilines is 1. The Balaban J connectivity index is 2.33. The summed E-state index contributed by atoms with van der Waals surface area (Å²) < 4.78 is 14.0. The fourth-order valence-corrected chi connectivity index (χ4v) is 1.89. The fourth-order valence-electron chi connectivity index (χ4n) is 1.89. The molecule has 2 aromatic rings. The normalized spacial score (nSPS) is 9.60. The number of nitrogens with zero attached hydrogens (tertiary/aromatic N) is 1. The third-order valence-corrected chi connectivity index (χ3v) is 2.91. The Hall–Kier alpha value is -2.86. The van der Waals surface area contributed by atoms with E-state index in [1.54, 1.807) is 18.2 Å². The van der Waals surface area contributed by atoms with Crippen LogP contribution in [0.25, 0.3) is 11.8 Å². The Morgan fingerprint density at radius 3 is 2.65 bits per heavy atom. The minimum absolute atomic E-state index is 0.000180. The van der Waals surface area contributed by atoms with Gasteiger partial charge in [-0.3, -0.25) is 0 Å². The molecular formula is C17H13FN2. The highest BCUT2D eigenvalue weighted by Crippen LogP contribution is 2.24. The van der Waals surface area contributed by atoms with Crippen LogP contribution in [0.4, 0.5) is 10.1 Å². The molecular weight excluding hydrogens is 251 g/mol. The van der Waals surface area contributed by atoms with Crippen LogP contribution < -0.4 is 5.32 Å². The quantitative estimate of drug-likeness (QED) is 0.887. The van der Waals surface area contributed by atoms with Gasteiger partial charge in [0.2, 0.25) is 0 Å². The molecule has 2 nitrogen and oxygen atoms in total. The molecule has 0 unspecified atom stereocenters. The van der Waals surface area contributed by atoms with E-state index in [0.29, 0.717) is 5.70 Å². The summed E-state index contributed by atoms with van der Waals surface area (Å²) in [6.45, 7) is 7.66. The van der Waals surface area contributed by atoms with Gasteiger partial charge in [0.25, 0.3) is 0 Å². The summed E-state index contributed by atoms with van der Waals surface area (Å²) in [7, 11) is 0. The second-order valence-corrected chi connectivity index (χ2v) is 4.17. The smallest absolute Gasteiger partial charge is 0.164 e. The minimum atomic E-state index is -0.577. The molecule has 0 spiro atoms. The summed E-state index contributed by atoms with van der Waals surface area (Å²) in [6, 6.07) is 14.0. The molecule has 98 valence electrons. The molecule has 0 amide bonds. The van der Waals surface area contributed by atoms with Gasteiger partial charge in [-0.2, -0.15) is 5.26 Å². The average Bonchev–Trinajstić information content (AvgIpc) is 2.49. The lowest BCUT2D eigenvalue weighted by molar-refractivity contribution is 0.628. The second-order valence-electron chi connectivity index (χ2n) is 4.17. The van der Waals surface area contributed by atoms with Crippen LogP contribution in [0.2, 0.25) is 0 Å². The van der Waals surface area contributed by atoms with Crippen molar-refractivity contribution in [2.75, 3.05) is 5.32 Å². The van der Waals surface area contributed by atoms with Gasteiger partial charge in [0.1, 0.15) is 6.07 Å². The highest BCUT2D eigenvalue weighted by atomic mass is 19.1. The summed E-state index contributed by atoms with van der Waals surface area (Å²) in [5.41, 5.74) is 2.52. The van der Waals surface area contributed by atoms with Crippen LogP contribution in [0, 0.1) is 17.1 Å². The number of halogens is 1. The van der Waals surface area contributed by atoms with Crippen molar-refractivity contribution in [1.29, 1.82) is 5.26 Å². The summed E-state index contributed by atoms with van der Waals surface area (Å²) in [4.78, 5) is 0. The van der Waals surface area contributed by atoms with Gasteiger partial charge >= 0.3 is 0 Å². The first-order chi connectivity index (χ1) is 9.67. The van der Waals surface area contributed by atoms with E-state index in [4.69, 9.17) is 5.26 Å². The van der Waals surface area contributed by atoms with Crippen molar-refractivity contribution < 1.29 is 4.39 Å². The molecule has 0 aliphatic rings. The van der Waals surface area contributed by atoms with Gasteiger partial charge in [0.05, 0.1) is 11.3 Å². The third-order valence-electron chi connectivity index (χ3n) is 2.91. The Kier molecular flexibility index (Phi) is 3.97. The highest BCUT2D eigenvalue weighted by molar-refractivity contribution is 5.80. The number of hydrogen-bond acceptors (Lipinski definition) is 2. The fraction of sp³-hybridized carbons (Fsp3) is 0. The van der Waals surface area contributed by atoms with Crippen molar-refractivity contribution in [3.63, 3.8) is 0 Å². The van der Waals surface area contributed by atoms with E-state index in [1.807, 2.05) is 30.3 Å². The Bertz CT molecular complexity index is 711. The minimum Gasteiger partial charge on any atom is -0.353 e. The average molecular weight is 264 g/mol.